The van der Waals surface area contributed by atoms with Crippen LogP contribution in [0.25, 0.3) is 0 Å². The molecule has 0 saturated carbocycles. The molecule has 0 aromatic carbocycles. The predicted molar refractivity (Wildman–Crippen MR) is 68.2 cm³/mol. The van der Waals surface area contributed by atoms with E-state index >= 15 is 0 Å². The largest absolute Gasteiger partial charge is 0.274 e. The summed E-state index contributed by atoms with van der Waals surface area (Å²) in [5, 5.41) is 0. The molecular formula is C14H23NO2. The molecule has 1 heterocycles. The summed E-state index contributed by atoms with van der Waals surface area (Å²) in [6.07, 6.45) is 12.5. The Kier molecular flexibility index (Phi) is 6.60. The van der Waals surface area contributed by atoms with Gasteiger partial charge < -0.3 is 0 Å². The normalized spacial score (nSPS) is 17.1. The Labute approximate surface area is 104 Å². The van der Waals surface area contributed by atoms with E-state index < -0.39 is 0 Å². The fourth-order valence-corrected chi connectivity index (χ4v) is 1.98. The van der Waals surface area contributed by atoms with Gasteiger partial charge in [0.1, 0.15) is 0 Å². The number of hydrogen-bond donors (Lipinski definition) is 0. The molecule has 17 heavy (non-hydrogen) atoms. The summed E-state index contributed by atoms with van der Waals surface area (Å²) in [4.78, 5) is 24.2. The van der Waals surface area contributed by atoms with Crippen molar-refractivity contribution in [3.8, 4) is 0 Å². The Hall–Kier alpha value is -1.12. The zero-order chi connectivity index (χ0) is 12.5. The molecule has 0 atom stereocenters. The molecule has 1 aliphatic heterocycles. The summed E-state index contributed by atoms with van der Waals surface area (Å²) in [5.41, 5.74) is 0. The second-order valence-corrected chi connectivity index (χ2v) is 4.60. The van der Waals surface area contributed by atoms with Crippen LogP contribution in [-0.4, -0.2) is 16.7 Å². The van der Waals surface area contributed by atoms with Crippen LogP contribution in [0.1, 0.15) is 64.7 Å². The van der Waals surface area contributed by atoms with Crippen molar-refractivity contribution in [2.24, 2.45) is 0 Å². The van der Waals surface area contributed by atoms with Gasteiger partial charge in [-0.3, -0.25) is 14.5 Å². The summed E-state index contributed by atoms with van der Waals surface area (Å²) in [6, 6.07) is 0. The molecule has 0 radical (unpaired) electrons. The standard InChI is InChI=1S/C14H23NO2/c1-2-3-4-5-6-7-8-12-15-13(16)10-9-11-14(15)17/h8,12H,2-7,9-11H2,1H3. The highest BCUT2D eigenvalue weighted by molar-refractivity contribution is 5.98. The van der Waals surface area contributed by atoms with E-state index in [0.29, 0.717) is 19.3 Å². The molecule has 0 aliphatic carbocycles. The van der Waals surface area contributed by atoms with Crippen molar-refractivity contribution in [1.29, 1.82) is 0 Å². The van der Waals surface area contributed by atoms with Gasteiger partial charge in [-0.25, -0.2) is 0 Å². The van der Waals surface area contributed by atoms with Gasteiger partial charge in [0, 0.05) is 19.0 Å². The van der Waals surface area contributed by atoms with Gasteiger partial charge in [0.05, 0.1) is 0 Å². The van der Waals surface area contributed by atoms with Crippen molar-refractivity contribution in [3.05, 3.63) is 12.3 Å². The van der Waals surface area contributed by atoms with Gasteiger partial charge in [-0.1, -0.05) is 38.7 Å². The predicted octanol–water partition coefficient (Wildman–Crippen LogP) is 3.40. The highest BCUT2D eigenvalue weighted by atomic mass is 16.2. The van der Waals surface area contributed by atoms with Crippen LogP contribution in [0.2, 0.25) is 0 Å². The number of carbonyl (C=O) groups is 2. The summed E-state index contributed by atoms with van der Waals surface area (Å²) in [6.45, 7) is 2.20. The van der Waals surface area contributed by atoms with Crippen LogP contribution in [0, 0.1) is 0 Å². The Bertz CT molecular complexity index is 268. The lowest BCUT2D eigenvalue weighted by molar-refractivity contribution is -0.144. The van der Waals surface area contributed by atoms with E-state index in [1.807, 2.05) is 6.08 Å². The molecule has 3 nitrogen and oxygen atoms in total. The van der Waals surface area contributed by atoms with Gasteiger partial charge in [0.15, 0.2) is 0 Å². The fourth-order valence-electron chi connectivity index (χ4n) is 1.98. The molecule has 0 bridgehead atoms. The maximum atomic E-state index is 11.5. The van der Waals surface area contributed by atoms with Crippen molar-refractivity contribution >= 4 is 11.8 Å². The zero-order valence-corrected chi connectivity index (χ0v) is 10.8. The van der Waals surface area contributed by atoms with Crippen molar-refractivity contribution in [2.45, 2.75) is 64.7 Å². The minimum Gasteiger partial charge on any atom is -0.274 e. The average molecular weight is 237 g/mol. The van der Waals surface area contributed by atoms with Crippen LogP contribution >= 0.6 is 0 Å². The average Bonchev–Trinajstić information content (AvgIpc) is 2.31. The number of carbonyl (C=O) groups excluding carboxylic acids is 2. The molecule has 1 aliphatic rings. The van der Waals surface area contributed by atoms with Gasteiger partial charge >= 0.3 is 0 Å². The smallest absolute Gasteiger partial charge is 0.233 e. The van der Waals surface area contributed by atoms with Crippen LogP contribution in [-0.2, 0) is 9.59 Å². The van der Waals surface area contributed by atoms with Crippen LogP contribution in [0.5, 0.6) is 0 Å². The lowest BCUT2D eigenvalue weighted by Crippen LogP contribution is -2.35. The van der Waals surface area contributed by atoms with Crippen molar-refractivity contribution in [3.63, 3.8) is 0 Å². The molecule has 0 unspecified atom stereocenters. The second-order valence-electron chi connectivity index (χ2n) is 4.60. The van der Waals surface area contributed by atoms with E-state index in [4.69, 9.17) is 0 Å². The third-order valence-electron chi connectivity index (χ3n) is 3.05. The van der Waals surface area contributed by atoms with Crippen molar-refractivity contribution in [2.75, 3.05) is 0 Å². The highest BCUT2D eigenvalue weighted by Crippen LogP contribution is 2.13. The minimum absolute atomic E-state index is 0.0523. The Morgan fingerprint density at radius 2 is 1.71 bits per heavy atom. The summed E-state index contributed by atoms with van der Waals surface area (Å²) in [7, 11) is 0. The summed E-state index contributed by atoms with van der Waals surface area (Å²) in [5.74, 6) is -0.105. The van der Waals surface area contributed by atoms with E-state index in [-0.39, 0.29) is 11.8 Å². The third-order valence-corrected chi connectivity index (χ3v) is 3.05. The molecule has 0 N–H and O–H groups in total. The molecular weight excluding hydrogens is 214 g/mol. The minimum atomic E-state index is -0.0523. The topological polar surface area (TPSA) is 37.4 Å². The molecule has 2 amide bonds. The number of nitrogens with zero attached hydrogens (tertiary/aromatic N) is 1. The SMILES string of the molecule is CCCCCCCC=CN1C(=O)CCCC1=O. The number of hydrogen-bond acceptors (Lipinski definition) is 2. The number of amides is 2. The molecule has 0 aromatic heterocycles. The number of unbranched alkanes of at least 4 members (excludes halogenated alkanes) is 5. The van der Waals surface area contributed by atoms with Gasteiger partial charge in [0.2, 0.25) is 11.8 Å². The van der Waals surface area contributed by atoms with Gasteiger partial charge in [-0.05, 0) is 19.3 Å². The fraction of sp³-hybridized carbons (Fsp3) is 0.714. The van der Waals surface area contributed by atoms with E-state index in [2.05, 4.69) is 6.92 Å². The number of likely N-dealkylation sites (tertiary alicyclic amines) is 1. The van der Waals surface area contributed by atoms with Gasteiger partial charge in [-0.2, -0.15) is 0 Å². The Morgan fingerprint density at radius 1 is 1.06 bits per heavy atom. The first-order valence-electron chi connectivity index (χ1n) is 6.77. The van der Waals surface area contributed by atoms with Gasteiger partial charge in [-0.15, -0.1) is 0 Å². The molecule has 0 aromatic rings. The van der Waals surface area contributed by atoms with Crippen molar-refractivity contribution < 1.29 is 9.59 Å². The maximum absolute atomic E-state index is 11.5. The molecule has 0 spiro atoms. The first kappa shape index (κ1) is 13.9. The molecule has 1 saturated heterocycles. The molecule has 96 valence electrons. The van der Waals surface area contributed by atoms with Crippen LogP contribution in [0.3, 0.4) is 0 Å². The number of imide groups is 1. The lowest BCUT2D eigenvalue weighted by atomic mass is 10.1. The van der Waals surface area contributed by atoms with Crippen LogP contribution < -0.4 is 0 Å². The van der Waals surface area contributed by atoms with E-state index in [1.165, 1.54) is 30.6 Å². The quantitative estimate of drug-likeness (QED) is 0.502. The zero-order valence-electron chi connectivity index (χ0n) is 10.8. The third kappa shape index (κ3) is 5.16. The van der Waals surface area contributed by atoms with E-state index in [9.17, 15) is 9.59 Å². The number of rotatable bonds is 7. The number of allylic oxidation sites excluding steroid dienone is 1. The molecule has 1 fully saturated rings. The first-order chi connectivity index (χ1) is 8.25. The Morgan fingerprint density at radius 3 is 2.35 bits per heavy atom. The summed E-state index contributed by atoms with van der Waals surface area (Å²) < 4.78 is 0. The van der Waals surface area contributed by atoms with Crippen LogP contribution in [0.15, 0.2) is 12.3 Å². The molecule has 3 heteroatoms. The van der Waals surface area contributed by atoms with E-state index in [0.717, 1.165) is 12.8 Å². The maximum Gasteiger partial charge on any atom is 0.233 e. The Balaban J connectivity index is 2.18. The second kappa shape index (κ2) is 8.04. The van der Waals surface area contributed by atoms with Gasteiger partial charge in [0.25, 0.3) is 0 Å². The lowest BCUT2D eigenvalue weighted by Gasteiger charge is -2.20. The first-order valence-corrected chi connectivity index (χ1v) is 6.77. The highest BCUT2D eigenvalue weighted by Gasteiger charge is 2.23. The summed E-state index contributed by atoms with van der Waals surface area (Å²) >= 11 is 0. The molecule has 1 rings (SSSR count). The van der Waals surface area contributed by atoms with Crippen LogP contribution in [0.4, 0.5) is 0 Å². The van der Waals surface area contributed by atoms with Crippen molar-refractivity contribution in [1.82, 2.24) is 4.90 Å². The monoisotopic (exact) mass is 237 g/mol. The van der Waals surface area contributed by atoms with E-state index in [1.54, 1.807) is 6.20 Å². The number of piperidine rings is 1.